The molecule has 0 amide bonds. The first-order valence-electron chi connectivity index (χ1n) is 20.7. The van der Waals surface area contributed by atoms with E-state index in [2.05, 4.69) is 206 Å². The number of fused-ring (bicyclic) bond motifs is 1. The van der Waals surface area contributed by atoms with Crippen molar-refractivity contribution in [1.29, 1.82) is 0 Å². The lowest BCUT2D eigenvalue weighted by molar-refractivity contribution is 0.414. The highest BCUT2D eigenvalue weighted by Crippen LogP contribution is 2.54. The van der Waals surface area contributed by atoms with Crippen LogP contribution in [-0.2, 0) is 10.8 Å². The Bertz CT molecular complexity index is 2690. The minimum Gasteiger partial charge on any atom is -0.497 e. The fourth-order valence-corrected chi connectivity index (χ4v) is 9.25. The van der Waals surface area contributed by atoms with Gasteiger partial charge in [-0.1, -0.05) is 124 Å². The second-order valence-electron chi connectivity index (χ2n) is 16.6. The molecule has 8 aromatic carbocycles. The van der Waals surface area contributed by atoms with Crippen molar-refractivity contribution in [2.75, 3.05) is 24.0 Å². The van der Waals surface area contributed by atoms with Crippen molar-refractivity contribution < 1.29 is 9.47 Å². The molecule has 1 aliphatic rings. The quantitative estimate of drug-likeness (QED) is 0.130. The predicted octanol–water partition coefficient (Wildman–Crippen LogP) is 15.0. The van der Waals surface area contributed by atoms with Gasteiger partial charge in [-0.15, -0.1) is 0 Å². The van der Waals surface area contributed by atoms with Gasteiger partial charge in [0.15, 0.2) is 0 Å². The molecule has 0 aliphatic heterocycles. The van der Waals surface area contributed by atoms with Gasteiger partial charge in [0.2, 0.25) is 0 Å². The van der Waals surface area contributed by atoms with E-state index in [1.54, 1.807) is 14.2 Å². The maximum atomic E-state index is 5.55. The van der Waals surface area contributed by atoms with Crippen molar-refractivity contribution in [2.45, 2.75) is 38.0 Å². The summed E-state index contributed by atoms with van der Waals surface area (Å²) in [6, 6.07) is 71.8. The van der Waals surface area contributed by atoms with Crippen LogP contribution < -0.4 is 19.3 Å². The molecule has 9 rings (SSSR count). The Morgan fingerprint density at radius 2 is 0.717 bits per heavy atom. The summed E-state index contributed by atoms with van der Waals surface area (Å²) in [6.07, 6.45) is 0.996. The highest BCUT2D eigenvalue weighted by atomic mass is 16.5. The number of hydrogen-bond acceptors (Lipinski definition) is 4. The van der Waals surface area contributed by atoms with Gasteiger partial charge in [-0.05, 0) is 148 Å². The maximum absolute atomic E-state index is 5.55. The largest absolute Gasteiger partial charge is 0.497 e. The van der Waals surface area contributed by atoms with Gasteiger partial charge in [0, 0.05) is 39.5 Å². The van der Waals surface area contributed by atoms with E-state index in [-0.39, 0.29) is 10.8 Å². The number of benzene rings is 8. The fourth-order valence-electron chi connectivity index (χ4n) is 9.25. The number of anilines is 6. The monoisotopic (exact) mass is 782 g/mol. The smallest absolute Gasteiger partial charge is 0.119 e. The number of ether oxygens (including phenoxy) is 2. The van der Waals surface area contributed by atoms with Crippen LogP contribution in [0.5, 0.6) is 11.5 Å². The molecule has 0 aromatic heterocycles. The van der Waals surface area contributed by atoms with Crippen molar-refractivity contribution in [3.8, 4) is 33.8 Å². The summed E-state index contributed by atoms with van der Waals surface area (Å²) < 4.78 is 11.1. The Labute approximate surface area is 354 Å². The lowest BCUT2D eigenvalue weighted by Crippen LogP contribution is -2.23. The minimum absolute atomic E-state index is 0.0584. The average Bonchev–Trinajstić information content (AvgIpc) is 3.52. The number of hydrogen-bond donors (Lipinski definition) is 0. The van der Waals surface area contributed by atoms with Gasteiger partial charge < -0.3 is 19.3 Å². The van der Waals surface area contributed by atoms with Crippen LogP contribution in [0.3, 0.4) is 0 Å². The van der Waals surface area contributed by atoms with Crippen molar-refractivity contribution >= 4 is 34.1 Å². The molecule has 1 atom stereocenters. The molecule has 0 spiro atoms. The summed E-state index contributed by atoms with van der Waals surface area (Å²) in [7, 11) is 3.42. The average molecular weight is 783 g/mol. The lowest BCUT2D eigenvalue weighted by atomic mass is 9.75. The van der Waals surface area contributed by atoms with Gasteiger partial charge in [-0.3, -0.25) is 0 Å². The van der Waals surface area contributed by atoms with Gasteiger partial charge in [0.1, 0.15) is 11.5 Å². The van der Waals surface area contributed by atoms with Gasteiger partial charge in [-0.2, -0.15) is 0 Å². The Balaban J connectivity index is 1.07. The third-order valence-corrected chi connectivity index (χ3v) is 12.3. The predicted molar refractivity (Wildman–Crippen MR) is 250 cm³/mol. The highest BCUT2D eigenvalue weighted by molar-refractivity contribution is 5.81. The Kier molecular flexibility index (Phi) is 10.2. The topological polar surface area (TPSA) is 24.9 Å². The zero-order chi connectivity index (χ0) is 41.3. The number of methoxy groups -OCH3 is 2. The normalized spacial score (nSPS) is 15.2. The molecule has 4 heteroatoms. The summed E-state index contributed by atoms with van der Waals surface area (Å²) in [6.45, 7) is 7.21. The highest BCUT2D eigenvalue weighted by Gasteiger charge is 2.46. The first-order valence-corrected chi connectivity index (χ1v) is 20.7. The Morgan fingerprint density at radius 3 is 1.13 bits per heavy atom. The Hall–Kier alpha value is -7.04. The standard InChI is InChI=1S/C56H50N2O2/c1-55(2)39-56(3,44-20-26-47(27-21-44)57(48-28-33-51(59-4)34-29-48)45-22-16-42(17-23-45)40-12-8-6-9-13-40)53-37-32-50(38-54(53)55)58(49-30-35-52(60-5)36-31-49)46-24-18-43(19-25-46)41-14-10-7-11-15-41/h6-38H,39H2,1-5H3. The van der Waals surface area contributed by atoms with Gasteiger partial charge in [-0.25, -0.2) is 0 Å². The minimum atomic E-state index is -0.180. The second kappa shape index (κ2) is 16.0. The third kappa shape index (κ3) is 7.30. The zero-order valence-electron chi connectivity index (χ0n) is 35.0. The summed E-state index contributed by atoms with van der Waals surface area (Å²) in [5.74, 6) is 1.67. The first kappa shape index (κ1) is 38.5. The van der Waals surface area contributed by atoms with Crippen LogP contribution >= 0.6 is 0 Å². The third-order valence-electron chi connectivity index (χ3n) is 12.3. The van der Waals surface area contributed by atoms with Crippen LogP contribution in [0.15, 0.2) is 200 Å². The van der Waals surface area contributed by atoms with E-state index in [4.69, 9.17) is 9.47 Å². The van der Waals surface area contributed by atoms with Crippen molar-refractivity contribution in [3.05, 3.63) is 217 Å². The lowest BCUT2D eigenvalue weighted by Gasteiger charge is -2.30. The molecule has 1 aliphatic carbocycles. The van der Waals surface area contributed by atoms with E-state index in [0.29, 0.717) is 0 Å². The van der Waals surface area contributed by atoms with Gasteiger partial charge >= 0.3 is 0 Å². The summed E-state index contributed by atoms with van der Waals surface area (Å²) in [4.78, 5) is 4.68. The molecule has 0 radical (unpaired) electrons. The molecular formula is C56H50N2O2. The molecular weight excluding hydrogens is 733 g/mol. The molecule has 0 saturated heterocycles. The SMILES string of the molecule is COc1ccc(N(c2ccc(-c3ccccc3)cc2)c2ccc(C3(C)CC(C)(C)c4cc(N(c5ccc(OC)cc5)c5ccc(-c6ccccc6)cc5)ccc43)cc2)cc1. The number of nitrogens with zero attached hydrogens (tertiary/aromatic N) is 2. The van der Waals surface area contributed by atoms with E-state index >= 15 is 0 Å². The maximum Gasteiger partial charge on any atom is 0.119 e. The molecule has 1 unspecified atom stereocenters. The van der Waals surface area contributed by atoms with Crippen molar-refractivity contribution in [1.82, 2.24) is 0 Å². The molecule has 8 aromatic rings. The Morgan fingerprint density at radius 1 is 0.367 bits per heavy atom. The van der Waals surface area contributed by atoms with Gasteiger partial charge in [0.25, 0.3) is 0 Å². The molecule has 4 nitrogen and oxygen atoms in total. The first-order chi connectivity index (χ1) is 29.2. The molecule has 0 bridgehead atoms. The van der Waals surface area contributed by atoms with E-state index < -0.39 is 0 Å². The molecule has 0 saturated carbocycles. The molecule has 0 heterocycles. The summed E-state index contributed by atoms with van der Waals surface area (Å²) in [5.41, 5.74) is 15.2. The van der Waals surface area contributed by atoms with Crippen molar-refractivity contribution in [2.24, 2.45) is 0 Å². The van der Waals surface area contributed by atoms with E-state index in [1.165, 1.54) is 38.9 Å². The molecule has 0 N–H and O–H groups in total. The van der Waals surface area contributed by atoms with Crippen LogP contribution in [0, 0.1) is 0 Å². The van der Waals surface area contributed by atoms with Crippen LogP contribution in [0.1, 0.15) is 43.9 Å². The molecule has 60 heavy (non-hydrogen) atoms. The van der Waals surface area contributed by atoms with Crippen LogP contribution in [-0.4, -0.2) is 14.2 Å². The van der Waals surface area contributed by atoms with E-state index in [9.17, 15) is 0 Å². The van der Waals surface area contributed by atoms with Gasteiger partial charge in [0.05, 0.1) is 14.2 Å². The summed E-state index contributed by atoms with van der Waals surface area (Å²) >= 11 is 0. The van der Waals surface area contributed by atoms with Crippen LogP contribution in [0.4, 0.5) is 34.1 Å². The molecule has 0 fully saturated rings. The number of rotatable bonds is 11. The second-order valence-corrected chi connectivity index (χ2v) is 16.6. The summed E-state index contributed by atoms with van der Waals surface area (Å²) in [5, 5.41) is 0. The fraction of sp³-hybridized carbons (Fsp3) is 0.143. The van der Waals surface area contributed by atoms with E-state index in [0.717, 1.165) is 52.0 Å². The van der Waals surface area contributed by atoms with Crippen LogP contribution in [0.25, 0.3) is 22.3 Å². The van der Waals surface area contributed by atoms with Crippen molar-refractivity contribution in [3.63, 3.8) is 0 Å². The molecule has 296 valence electrons. The van der Waals surface area contributed by atoms with Crippen LogP contribution in [0.2, 0.25) is 0 Å². The van der Waals surface area contributed by atoms with E-state index in [1.807, 2.05) is 24.3 Å². The zero-order valence-corrected chi connectivity index (χ0v) is 35.0.